The summed E-state index contributed by atoms with van der Waals surface area (Å²) in [4.78, 5) is 10.8. The van der Waals surface area contributed by atoms with Crippen LogP contribution in [-0.4, -0.2) is 26.2 Å². The van der Waals surface area contributed by atoms with E-state index in [1.165, 1.54) is 19.2 Å². The molecule has 0 aliphatic heterocycles. The van der Waals surface area contributed by atoms with Crippen LogP contribution in [0.1, 0.15) is 12.0 Å². The molecular formula is C12H16FNO2. The van der Waals surface area contributed by atoms with Gasteiger partial charge in [0, 0.05) is 6.54 Å². The fraction of sp³-hybridized carbons (Fsp3) is 0.417. The Bertz CT molecular complexity index is 324. The summed E-state index contributed by atoms with van der Waals surface area (Å²) in [5.41, 5.74) is 1.08. The molecule has 0 aliphatic rings. The maximum atomic E-state index is 12.6. The van der Waals surface area contributed by atoms with Crippen molar-refractivity contribution in [3.8, 4) is 0 Å². The van der Waals surface area contributed by atoms with Gasteiger partial charge in [-0.05, 0) is 30.7 Å². The number of benzene rings is 1. The van der Waals surface area contributed by atoms with Crippen LogP contribution in [0.4, 0.5) is 4.39 Å². The minimum absolute atomic E-state index is 0.214. The van der Waals surface area contributed by atoms with E-state index in [9.17, 15) is 9.18 Å². The number of nitrogens with one attached hydrogen (secondary N) is 1. The first-order chi connectivity index (χ1) is 7.72. The molecule has 1 rings (SSSR count). The first kappa shape index (κ1) is 12.6. The Hall–Kier alpha value is -1.42. The molecule has 0 fully saturated rings. The summed E-state index contributed by atoms with van der Waals surface area (Å²) in [7, 11) is 1.38. The molecule has 0 atom stereocenters. The van der Waals surface area contributed by atoms with Gasteiger partial charge >= 0.3 is 5.97 Å². The highest BCUT2D eigenvalue weighted by atomic mass is 19.1. The Balaban J connectivity index is 2.11. The Kier molecular flexibility index (Phi) is 5.50. The number of esters is 1. The van der Waals surface area contributed by atoms with Crippen molar-refractivity contribution >= 4 is 5.97 Å². The minimum atomic E-state index is -0.220. The van der Waals surface area contributed by atoms with E-state index in [0.717, 1.165) is 18.5 Å². The number of carbonyl (C=O) groups is 1. The van der Waals surface area contributed by atoms with Crippen molar-refractivity contribution in [3.05, 3.63) is 35.6 Å². The van der Waals surface area contributed by atoms with Crippen LogP contribution < -0.4 is 5.32 Å². The third-order valence-electron chi connectivity index (χ3n) is 2.24. The van der Waals surface area contributed by atoms with Gasteiger partial charge in [-0.3, -0.25) is 4.79 Å². The molecule has 0 bridgehead atoms. The Morgan fingerprint density at radius 2 is 2.00 bits per heavy atom. The number of hydrogen-bond donors (Lipinski definition) is 1. The predicted octanol–water partition coefficient (Wildman–Crippen LogP) is 1.52. The van der Waals surface area contributed by atoms with Crippen LogP contribution in [0.5, 0.6) is 0 Å². The van der Waals surface area contributed by atoms with Gasteiger partial charge < -0.3 is 10.1 Å². The SMILES string of the molecule is COC(=O)CCNCCc1ccc(F)cc1. The van der Waals surface area contributed by atoms with Crippen molar-refractivity contribution in [3.63, 3.8) is 0 Å². The van der Waals surface area contributed by atoms with Gasteiger partial charge in [0.25, 0.3) is 0 Å². The molecule has 0 heterocycles. The molecule has 0 amide bonds. The van der Waals surface area contributed by atoms with Gasteiger partial charge in [0.2, 0.25) is 0 Å². The number of carbonyl (C=O) groups excluding carboxylic acids is 1. The lowest BCUT2D eigenvalue weighted by Gasteiger charge is -2.04. The van der Waals surface area contributed by atoms with Crippen LogP contribution in [0, 0.1) is 5.82 Å². The fourth-order valence-electron chi connectivity index (χ4n) is 1.30. The number of halogens is 1. The molecule has 16 heavy (non-hydrogen) atoms. The van der Waals surface area contributed by atoms with E-state index < -0.39 is 0 Å². The van der Waals surface area contributed by atoms with Gasteiger partial charge in [0.1, 0.15) is 5.82 Å². The highest BCUT2D eigenvalue weighted by Crippen LogP contribution is 2.02. The standard InChI is InChI=1S/C12H16FNO2/c1-16-12(15)7-9-14-8-6-10-2-4-11(13)5-3-10/h2-5,14H,6-9H2,1H3. The van der Waals surface area contributed by atoms with Gasteiger partial charge in [-0.2, -0.15) is 0 Å². The topological polar surface area (TPSA) is 38.3 Å². The number of rotatable bonds is 6. The quantitative estimate of drug-likeness (QED) is 0.589. The third-order valence-corrected chi connectivity index (χ3v) is 2.24. The average molecular weight is 225 g/mol. The number of methoxy groups -OCH3 is 1. The van der Waals surface area contributed by atoms with Crippen LogP contribution in [0.2, 0.25) is 0 Å². The molecule has 1 aromatic carbocycles. The van der Waals surface area contributed by atoms with E-state index in [1.54, 1.807) is 12.1 Å². The predicted molar refractivity (Wildman–Crippen MR) is 59.6 cm³/mol. The lowest BCUT2D eigenvalue weighted by Crippen LogP contribution is -2.21. The van der Waals surface area contributed by atoms with Crippen molar-refractivity contribution in [1.29, 1.82) is 0 Å². The van der Waals surface area contributed by atoms with Gasteiger partial charge in [0.15, 0.2) is 0 Å². The van der Waals surface area contributed by atoms with Crippen molar-refractivity contribution in [2.75, 3.05) is 20.2 Å². The van der Waals surface area contributed by atoms with Gasteiger partial charge in [-0.15, -0.1) is 0 Å². The van der Waals surface area contributed by atoms with Gasteiger partial charge in [-0.1, -0.05) is 12.1 Å². The Morgan fingerprint density at radius 3 is 2.62 bits per heavy atom. The highest BCUT2D eigenvalue weighted by Gasteiger charge is 1.98. The molecule has 1 N–H and O–H groups in total. The van der Waals surface area contributed by atoms with Crippen LogP contribution in [0.3, 0.4) is 0 Å². The zero-order valence-electron chi connectivity index (χ0n) is 9.33. The van der Waals surface area contributed by atoms with E-state index >= 15 is 0 Å². The second-order valence-corrected chi connectivity index (χ2v) is 3.45. The highest BCUT2D eigenvalue weighted by molar-refractivity contribution is 5.69. The summed E-state index contributed by atoms with van der Waals surface area (Å²) in [5, 5.41) is 3.12. The largest absolute Gasteiger partial charge is 0.469 e. The monoisotopic (exact) mass is 225 g/mol. The van der Waals surface area contributed by atoms with Crippen LogP contribution >= 0.6 is 0 Å². The second-order valence-electron chi connectivity index (χ2n) is 3.45. The summed E-state index contributed by atoms with van der Waals surface area (Å²) in [6.07, 6.45) is 1.20. The Labute approximate surface area is 94.6 Å². The van der Waals surface area contributed by atoms with Crippen LogP contribution in [0.15, 0.2) is 24.3 Å². The fourth-order valence-corrected chi connectivity index (χ4v) is 1.30. The third kappa shape index (κ3) is 4.89. The second kappa shape index (κ2) is 6.95. The molecule has 4 heteroatoms. The minimum Gasteiger partial charge on any atom is -0.469 e. The molecule has 88 valence electrons. The summed E-state index contributed by atoms with van der Waals surface area (Å²) >= 11 is 0. The molecule has 0 spiro atoms. The van der Waals surface area contributed by atoms with Crippen LogP contribution in [0.25, 0.3) is 0 Å². The normalized spacial score (nSPS) is 10.1. The molecule has 1 aromatic rings. The summed E-state index contributed by atoms with van der Waals surface area (Å²) in [6, 6.07) is 6.42. The zero-order valence-corrected chi connectivity index (χ0v) is 9.33. The van der Waals surface area contributed by atoms with Gasteiger partial charge in [-0.25, -0.2) is 4.39 Å². The maximum Gasteiger partial charge on any atom is 0.306 e. The lowest BCUT2D eigenvalue weighted by atomic mass is 10.1. The van der Waals surface area contributed by atoms with E-state index in [1.807, 2.05) is 0 Å². The van der Waals surface area contributed by atoms with E-state index in [4.69, 9.17) is 0 Å². The number of ether oxygens (including phenoxy) is 1. The van der Waals surface area contributed by atoms with E-state index in [2.05, 4.69) is 10.1 Å². The van der Waals surface area contributed by atoms with Crippen LogP contribution in [-0.2, 0) is 16.0 Å². The van der Waals surface area contributed by atoms with E-state index in [-0.39, 0.29) is 11.8 Å². The molecule has 0 radical (unpaired) electrons. The van der Waals surface area contributed by atoms with Crippen molar-refractivity contribution in [2.45, 2.75) is 12.8 Å². The first-order valence-electron chi connectivity index (χ1n) is 5.24. The number of hydrogen-bond acceptors (Lipinski definition) is 3. The average Bonchev–Trinajstić information content (AvgIpc) is 2.31. The van der Waals surface area contributed by atoms with Crippen molar-refractivity contribution in [1.82, 2.24) is 5.32 Å². The molecule has 3 nitrogen and oxygen atoms in total. The summed E-state index contributed by atoms with van der Waals surface area (Å²) < 4.78 is 17.1. The molecule has 0 saturated heterocycles. The maximum absolute atomic E-state index is 12.6. The van der Waals surface area contributed by atoms with E-state index in [0.29, 0.717) is 13.0 Å². The van der Waals surface area contributed by atoms with Crippen molar-refractivity contribution < 1.29 is 13.9 Å². The molecular weight excluding hydrogens is 209 g/mol. The molecule has 0 saturated carbocycles. The van der Waals surface area contributed by atoms with Gasteiger partial charge in [0.05, 0.1) is 13.5 Å². The first-order valence-corrected chi connectivity index (χ1v) is 5.24. The summed E-state index contributed by atoms with van der Waals surface area (Å²) in [6.45, 7) is 1.37. The Morgan fingerprint density at radius 1 is 1.31 bits per heavy atom. The smallest absolute Gasteiger partial charge is 0.306 e. The van der Waals surface area contributed by atoms with Crippen molar-refractivity contribution in [2.24, 2.45) is 0 Å². The lowest BCUT2D eigenvalue weighted by molar-refractivity contribution is -0.140. The molecule has 0 unspecified atom stereocenters. The molecule has 0 aliphatic carbocycles. The zero-order chi connectivity index (χ0) is 11.8. The molecule has 0 aromatic heterocycles. The summed E-state index contributed by atoms with van der Waals surface area (Å²) in [5.74, 6) is -0.434.